The normalized spacial score (nSPS) is 28.2. The van der Waals surface area contributed by atoms with Crippen LogP contribution in [0.4, 0.5) is 5.69 Å². The van der Waals surface area contributed by atoms with E-state index in [1.54, 1.807) is 12.1 Å². The van der Waals surface area contributed by atoms with Gasteiger partial charge in [-0.25, -0.2) is 5.01 Å². The Bertz CT molecular complexity index is 1520. The lowest BCUT2D eigenvalue weighted by Gasteiger charge is -2.36. The van der Waals surface area contributed by atoms with Crippen LogP contribution in [0.1, 0.15) is 20.7 Å². The molecule has 0 radical (unpaired) electrons. The summed E-state index contributed by atoms with van der Waals surface area (Å²) in [4.78, 5) is 61.1. The molecule has 2 fully saturated rings. The molecule has 0 unspecified atom stereocenters. The number of hydrazine groups is 1. The Morgan fingerprint density at radius 2 is 1.45 bits per heavy atom. The second kappa shape index (κ2) is 9.83. The number of alkyl halides is 4. The number of allylic oxidation sites excluding steroid dienone is 2. The van der Waals surface area contributed by atoms with E-state index in [0.29, 0.717) is 14.5 Å². The summed E-state index contributed by atoms with van der Waals surface area (Å²) in [5.74, 6) is -6.99. The Balaban J connectivity index is 1.61. The Kier molecular flexibility index (Phi) is 7.27. The number of nitro benzene ring substituents is 1. The lowest BCUT2D eigenvalue weighted by molar-refractivity contribution is -0.384. The summed E-state index contributed by atoms with van der Waals surface area (Å²) < 4.78 is -1.53. The number of rotatable bonds is 6. The number of nitro groups is 1. The third kappa shape index (κ3) is 3.80. The van der Waals surface area contributed by atoms with E-state index in [9.17, 15) is 29.3 Å². The molecule has 4 atom stereocenters. The van der Waals surface area contributed by atoms with Gasteiger partial charge in [0.05, 0.1) is 26.8 Å². The molecule has 9 nitrogen and oxygen atoms in total. The molecule has 0 spiro atoms. The van der Waals surface area contributed by atoms with Gasteiger partial charge < -0.3 is 0 Å². The number of ketones is 1. The Hall–Kier alpha value is -1.92. The van der Waals surface area contributed by atoms with Crippen molar-refractivity contribution in [3.05, 3.63) is 84.3 Å². The number of nitrogens with zero attached hydrogens (tertiary/aromatic N) is 3. The molecule has 2 aromatic rings. The van der Waals surface area contributed by atoms with Crippen molar-refractivity contribution in [3.8, 4) is 0 Å². The molecule has 3 amide bonds. The zero-order chi connectivity index (χ0) is 29.5. The number of amides is 3. The van der Waals surface area contributed by atoms with Gasteiger partial charge in [0, 0.05) is 27.7 Å². The van der Waals surface area contributed by atoms with Gasteiger partial charge in [-0.2, -0.15) is 5.01 Å². The average molecular weight is 731 g/mol. The number of carbonyl (C=O) groups excluding carboxylic acids is 4. The molecule has 1 saturated heterocycles. The molecule has 1 saturated carbocycles. The lowest BCUT2D eigenvalue weighted by Crippen LogP contribution is -2.56. The maximum Gasteiger partial charge on any atom is 0.273 e. The predicted octanol–water partition coefficient (Wildman–Crippen LogP) is 6.04. The molecule has 1 heterocycles. The van der Waals surface area contributed by atoms with E-state index in [2.05, 4.69) is 15.9 Å². The number of imide groups is 1. The predicted molar refractivity (Wildman–Crippen MR) is 152 cm³/mol. The minimum Gasteiger partial charge on any atom is -0.292 e. The molecule has 40 heavy (non-hydrogen) atoms. The van der Waals surface area contributed by atoms with Crippen LogP contribution in [0.3, 0.4) is 0 Å². The van der Waals surface area contributed by atoms with Gasteiger partial charge in [0.1, 0.15) is 16.3 Å². The largest absolute Gasteiger partial charge is 0.292 e. The van der Waals surface area contributed by atoms with Gasteiger partial charge in [-0.1, -0.05) is 80.5 Å². The second-order valence-electron chi connectivity index (χ2n) is 9.17. The maximum absolute atomic E-state index is 13.9. The first kappa shape index (κ1) is 29.6. The zero-order valence-electron chi connectivity index (χ0n) is 19.4. The van der Waals surface area contributed by atoms with Crippen molar-refractivity contribution < 1.29 is 24.1 Å². The van der Waals surface area contributed by atoms with Crippen molar-refractivity contribution in [2.45, 2.75) is 14.1 Å². The van der Waals surface area contributed by atoms with E-state index in [1.807, 2.05) is 0 Å². The van der Waals surface area contributed by atoms with Crippen molar-refractivity contribution in [2.75, 3.05) is 6.54 Å². The van der Waals surface area contributed by atoms with Crippen LogP contribution in [0.15, 0.2) is 63.1 Å². The van der Waals surface area contributed by atoms with Crippen molar-refractivity contribution in [1.82, 2.24) is 10.0 Å². The number of halogens is 7. The van der Waals surface area contributed by atoms with E-state index in [1.165, 1.54) is 24.3 Å². The van der Waals surface area contributed by atoms with Crippen LogP contribution in [0, 0.1) is 22.0 Å². The number of hydrogen-bond acceptors (Lipinski definition) is 6. The fourth-order valence-corrected chi connectivity index (χ4v) is 8.41. The first-order valence-corrected chi connectivity index (χ1v) is 14.2. The van der Waals surface area contributed by atoms with Crippen LogP contribution in [0.25, 0.3) is 0 Å². The fourth-order valence-electron chi connectivity index (χ4n) is 5.22. The van der Waals surface area contributed by atoms with Crippen LogP contribution in [-0.4, -0.2) is 59.1 Å². The highest BCUT2D eigenvalue weighted by Gasteiger charge is 2.88. The summed E-state index contributed by atoms with van der Waals surface area (Å²) >= 11 is 42.5. The van der Waals surface area contributed by atoms with Gasteiger partial charge in [0.15, 0.2) is 10.1 Å². The molecule has 3 aliphatic rings. The first-order chi connectivity index (χ1) is 18.6. The number of benzene rings is 2. The number of non-ortho nitro benzene ring substituents is 1. The molecule has 5 rings (SSSR count). The van der Waals surface area contributed by atoms with Gasteiger partial charge in [-0.3, -0.25) is 29.3 Å². The molecule has 16 heteroatoms. The quantitative estimate of drug-likeness (QED) is 0.118. The van der Waals surface area contributed by atoms with E-state index in [0.717, 1.165) is 12.1 Å². The van der Waals surface area contributed by atoms with E-state index < -0.39 is 66.6 Å². The van der Waals surface area contributed by atoms with Crippen molar-refractivity contribution in [2.24, 2.45) is 11.8 Å². The van der Waals surface area contributed by atoms with Gasteiger partial charge >= 0.3 is 0 Å². The molecule has 2 aromatic carbocycles. The second-order valence-corrected chi connectivity index (χ2v) is 13.4. The minimum absolute atomic E-state index is 0.148. The minimum atomic E-state index is -2.20. The molecule has 1 aliphatic heterocycles. The van der Waals surface area contributed by atoms with Gasteiger partial charge in [0.25, 0.3) is 23.4 Å². The maximum atomic E-state index is 13.9. The van der Waals surface area contributed by atoms with Crippen molar-refractivity contribution in [1.29, 1.82) is 0 Å². The van der Waals surface area contributed by atoms with Crippen molar-refractivity contribution in [3.63, 3.8) is 0 Å². The average Bonchev–Trinajstić information content (AvgIpc) is 3.30. The van der Waals surface area contributed by atoms with Gasteiger partial charge in [-0.05, 0) is 18.2 Å². The summed E-state index contributed by atoms with van der Waals surface area (Å²) in [6.45, 7) is -0.813. The molecule has 2 aliphatic carbocycles. The van der Waals surface area contributed by atoms with Crippen LogP contribution < -0.4 is 0 Å². The summed E-state index contributed by atoms with van der Waals surface area (Å²) in [7, 11) is 0. The Labute approximate surface area is 264 Å². The third-order valence-electron chi connectivity index (χ3n) is 7.12. The van der Waals surface area contributed by atoms with E-state index >= 15 is 0 Å². The molecule has 0 aromatic heterocycles. The topological polar surface area (TPSA) is 118 Å². The molecular weight excluding hydrogens is 719 g/mol. The highest BCUT2D eigenvalue weighted by Crippen LogP contribution is 2.77. The number of carbonyl (C=O) groups is 4. The standard InChI is InChI=1S/C24H12BrCl6N3O6/c25-12-6-4-10(5-7-12)14(35)9-32(19(36)11-2-1-3-13(8-11)34(39)40)33-20(37)15-16(21(33)38)23(29)18(27)17(26)22(15,28)24(23,30)31/h1-8,15-16H,9H2/t15-,16+,22-,23-/m1/s1. The Morgan fingerprint density at radius 3 is 1.95 bits per heavy atom. The van der Waals surface area contributed by atoms with Crippen molar-refractivity contribution >= 4 is 115 Å². The van der Waals surface area contributed by atoms with E-state index in [-0.39, 0.29) is 21.2 Å². The Morgan fingerprint density at radius 1 is 0.925 bits per heavy atom. The van der Waals surface area contributed by atoms with Gasteiger partial charge in [0.2, 0.25) is 0 Å². The van der Waals surface area contributed by atoms with Gasteiger partial charge in [-0.15, -0.1) is 23.2 Å². The fraction of sp³-hybridized carbons (Fsp3) is 0.250. The van der Waals surface area contributed by atoms with E-state index in [4.69, 9.17) is 69.6 Å². The zero-order valence-corrected chi connectivity index (χ0v) is 25.5. The molecule has 2 bridgehead atoms. The monoisotopic (exact) mass is 727 g/mol. The number of Topliss-reactive ketones (excluding diaryl/α,β-unsaturated/α-hetero) is 1. The molecular formula is C24H12BrCl6N3O6. The third-order valence-corrected chi connectivity index (χ3v) is 11.9. The summed E-state index contributed by atoms with van der Waals surface area (Å²) in [6.07, 6.45) is 0. The molecule has 208 valence electrons. The number of fused-ring (bicyclic) bond motifs is 5. The highest BCUT2D eigenvalue weighted by atomic mass is 79.9. The summed E-state index contributed by atoms with van der Waals surface area (Å²) in [5.41, 5.74) is -0.566. The van der Waals surface area contributed by atoms with Crippen LogP contribution in [0.2, 0.25) is 0 Å². The number of hydrogen-bond donors (Lipinski definition) is 0. The van der Waals surface area contributed by atoms with Crippen LogP contribution in [-0.2, 0) is 9.59 Å². The lowest BCUT2D eigenvalue weighted by atomic mass is 9.84. The molecule has 0 N–H and O–H groups in total. The SMILES string of the molecule is O=C(CN(C(=O)c1cccc([N+](=O)[O-])c1)N1C(=O)[C@@H]2[C@H](C1=O)[C@@]1(Cl)C(Cl)=C(Cl)[C@@]2(Cl)C1(Cl)Cl)c1ccc(Br)cc1. The summed E-state index contributed by atoms with van der Waals surface area (Å²) in [5, 5.41) is 11.7. The highest BCUT2D eigenvalue weighted by molar-refractivity contribution is 9.10. The summed E-state index contributed by atoms with van der Waals surface area (Å²) in [6, 6.07) is 10.6. The first-order valence-electron chi connectivity index (χ1n) is 11.1. The van der Waals surface area contributed by atoms with Crippen LogP contribution in [0.5, 0.6) is 0 Å². The van der Waals surface area contributed by atoms with Crippen LogP contribution >= 0.6 is 85.5 Å². The smallest absolute Gasteiger partial charge is 0.273 e.